The molecule has 0 atom stereocenters. The number of hydrogen-bond donors (Lipinski definition) is 1. The van der Waals surface area contributed by atoms with Crippen molar-refractivity contribution >= 4 is 39.1 Å². The number of benzene rings is 3. The third kappa shape index (κ3) is 4.13. The Morgan fingerprint density at radius 2 is 1.87 bits per heavy atom. The number of thioether (sulfide) groups is 1. The zero-order valence-electron chi connectivity index (χ0n) is 17.2. The fraction of sp³-hybridized carbons (Fsp3) is 0.174. The number of carbonyl (C=O) groups excluding carboxylic acids is 1. The van der Waals surface area contributed by atoms with E-state index in [0.29, 0.717) is 30.1 Å². The molecule has 8 heteroatoms. The van der Waals surface area contributed by atoms with Crippen LogP contribution in [0.25, 0.3) is 0 Å². The van der Waals surface area contributed by atoms with Crippen LogP contribution in [0.3, 0.4) is 0 Å². The maximum Gasteiger partial charge on any atom is 0.264 e. The second-order valence-electron chi connectivity index (χ2n) is 7.00. The highest BCUT2D eigenvalue weighted by Crippen LogP contribution is 2.34. The molecule has 0 saturated carbocycles. The summed E-state index contributed by atoms with van der Waals surface area (Å²) in [6, 6.07) is 19.3. The summed E-state index contributed by atoms with van der Waals surface area (Å²) in [6.07, 6.45) is 2.61. The Morgan fingerprint density at radius 3 is 2.65 bits per heavy atom. The lowest BCUT2D eigenvalue weighted by atomic mass is 10.2. The van der Waals surface area contributed by atoms with Crippen LogP contribution in [0.2, 0.25) is 0 Å². The molecular formula is C23H22N2O4S2. The highest BCUT2D eigenvalue weighted by atomic mass is 32.2. The van der Waals surface area contributed by atoms with Gasteiger partial charge in [0.15, 0.2) is 0 Å². The molecule has 3 aromatic rings. The number of amides is 1. The first-order chi connectivity index (χ1) is 14.9. The standard InChI is InChI=1S/C23H22N2O4S2/c1-29-22-11-10-19(31(27,28)25-13-12-16-6-3-4-9-21(16)25)15-20(22)23(26)24-17-7-5-8-18(14-17)30-2/h3-11,14-15H,12-13H2,1-2H3,(H,24,26). The summed E-state index contributed by atoms with van der Waals surface area (Å²) in [5, 5.41) is 2.83. The van der Waals surface area contributed by atoms with E-state index < -0.39 is 15.9 Å². The fourth-order valence-electron chi connectivity index (χ4n) is 3.61. The van der Waals surface area contributed by atoms with Gasteiger partial charge in [-0.15, -0.1) is 11.8 Å². The monoisotopic (exact) mass is 454 g/mol. The molecule has 1 aliphatic rings. The third-order valence-corrected chi connectivity index (χ3v) is 7.71. The number of nitrogens with zero attached hydrogens (tertiary/aromatic N) is 1. The summed E-state index contributed by atoms with van der Waals surface area (Å²) in [5.41, 5.74) is 2.45. The number of para-hydroxylation sites is 1. The van der Waals surface area contributed by atoms with Crippen molar-refractivity contribution in [2.45, 2.75) is 16.2 Å². The highest BCUT2D eigenvalue weighted by Gasteiger charge is 2.31. The number of fused-ring (bicyclic) bond motifs is 1. The largest absolute Gasteiger partial charge is 0.496 e. The molecule has 0 fully saturated rings. The van der Waals surface area contributed by atoms with Gasteiger partial charge in [-0.1, -0.05) is 24.3 Å². The van der Waals surface area contributed by atoms with E-state index in [1.165, 1.54) is 29.6 Å². The topological polar surface area (TPSA) is 75.7 Å². The molecular weight excluding hydrogens is 432 g/mol. The number of anilines is 2. The number of ether oxygens (including phenoxy) is 1. The van der Waals surface area contributed by atoms with E-state index in [-0.39, 0.29) is 10.5 Å². The SMILES string of the molecule is COc1ccc(S(=O)(=O)N2CCc3ccccc32)cc1C(=O)Nc1cccc(SC)c1. The normalized spacial score (nSPS) is 13.0. The van der Waals surface area contributed by atoms with Crippen molar-refractivity contribution in [1.29, 1.82) is 0 Å². The summed E-state index contributed by atoms with van der Waals surface area (Å²) in [4.78, 5) is 14.0. The van der Waals surface area contributed by atoms with Gasteiger partial charge >= 0.3 is 0 Å². The lowest BCUT2D eigenvalue weighted by Crippen LogP contribution is -2.29. The third-order valence-electron chi connectivity index (χ3n) is 5.18. The Kier molecular flexibility index (Phi) is 5.93. The van der Waals surface area contributed by atoms with E-state index in [1.54, 1.807) is 23.9 Å². The van der Waals surface area contributed by atoms with Crippen LogP contribution in [-0.4, -0.2) is 34.2 Å². The predicted molar refractivity (Wildman–Crippen MR) is 124 cm³/mol. The van der Waals surface area contributed by atoms with Crippen LogP contribution in [0, 0.1) is 0 Å². The van der Waals surface area contributed by atoms with Gasteiger partial charge in [0, 0.05) is 17.1 Å². The molecule has 1 heterocycles. The first kappa shape index (κ1) is 21.3. The van der Waals surface area contributed by atoms with E-state index in [9.17, 15) is 13.2 Å². The van der Waals surface area contributed by atoms with Crippen LogP contribution in [0.15, 0.2) is 76.5 Å². The van der Waals surface area contributed by atoms with Crippen molar-refractivity contribution < 1.29 is 17.9 Å². The van der Waals surface area contributed by atoms with Crippen molar-refractivity contribution in [2.75, 3.05) is 29.5 Å². The van der Waals surface area contributed by atoms with Crippen LogP contribution in [-0.2, 0) is 16.4 Å². The van der Waals surface area contributed by atoms with Crippen molar-refractivity contribution in [3.8, 4) is 5.75 Å². The Morgan fingerprint density at radius 1 is 1.06 bits per heavy atom. The quantitative estimate of drug-likeness (QED) is 0.558. The maximum absolute atomic E-state index is 13.4. The second-order valence-corrected chi connectivity index (χ2v) is 9.75. The molecule has 0 saturated heterocycles. The maximum atomic E-state index is 13.4. The van der Waals surface area contributed by atoms with Gasteiger partial charge in [0.05, 0.1) is 23.3 Å². The summed E-state index contributed by atoms with van der Waals surface area (Å²) >= 11 is 1.57. The minimum Gasteiger partial charge on any atom is -0.496 e. The highest BCUT2D eigenvalue weighted by molar-refractivity contribution is 7.98. The molecule has 1 N–H and O–H groups in total. The Labute approximate surface area is 186 Å². The average molecular weight is 455 g/mol. The van der Waals surface area contributed by atoms with Gasteiger partial charge in [0.2, 0.25) is 0 Å². The van der Waals surface area contributed by atoms with E-state index in [2.05, 4.69) is 5.32 Å². The predicted octanol–water partition coefficient (Wildman–Crippen LogP) is 4.42. The molecule has 0 radical (unpaired) electrons. The molecule has 160 valence electrons. The van der Waals surface area contributed by atoms with Crippen molar-refractivity contribution in [3.63, 3.8) is 0 Å². The Balaban J connectivity index is 1.68. The molecule has 1 amide bonds. The molecule has 4 rings (SSSR count). The van der Waals surface area contributed by atoms with Crippen LogP contribution in [0.1, 0.15) is 15.9 Å². The fourth-order valence-corrected chi connectivity index (χ4v) is 5.60. The molecule has 0 unspecified atom stereocenters. The summed E-state index contributed by atoms with van der Waals surface area (Å²) in [6.45, 7) is 0.372. The molecule has 0 aromatic heterocycles. The zero-order chi connectivity index (χ0) is 22.0. The minimum absolute atomic E-state index is 0.0491. The molecule has 3 aromatic carbocycles. The summed E-state index contributed by atoms with van der Waals surface area (Å²) in [7, 11) is -2.37. The molecule has 1 aliphatic heterocycles. The number of sulfonamides is 1. The Hall–Kier alpha value is -2.97. The molecule has 6 nitrogen and oxygen atoms in total. The van der Waals surface area contributed by atoms with E-state index >= 15 is 0 Å². The second kappa shape index (κ2) is 8.64. The number of hydrogen-bond acceptors (Lipinski definition) is 5. The van der Waals surface area contributed by atoms with E-state index in [4.69, 9.17) is 4.74 Å². The molecule has 0 spiro atoms. The van der Waals surface area contributed by atoms with Gasteiger partial charge in [-0.25, -0.2) is 8.42 Å². The van der Waals surface area contributed by atoms with Gasteiger partial charge in [0.1, 0.15) is 5.75 Å². The first-order valence-electron chi connectivity index (χ1n) is 9.68. The Bertz CT molecular complexity index is 1240. The van der Waals surface area contributed by atoms with Gasteiger partial charge in [-0.2, -0.15) is 0 Å². The van der Waals surface area contributed by atoms with E-state index in [0.717, 1.165) is 10.5 Å². The molecule has 0 aliphatic carbocycles. The summed E-state index contributed by atoms with van der Waals surface area (Å²) in [5.74, 6) is -0.131. The average Bonchev–Trinajstić information content (AvgIpc) is 3.23. The molecule has 0 bridgehead atoms. The van der Waals surface area contributed by atoms with Crippen molar-refractivity contribution in [1.82, 2.24) is 0 Å². The van der Waals surface area contributed by atoms with Gasteiger partial charge in [-0.3, -0.25) is 9.10 Å². The number of nitrogens with one attached hydrogen (secondary N) is 1. The van der Waals surface area contributed by atoms with Crippen molar-refractivity contribution in [2.24, 2.45) is 0 Å². The first-order valence-corrected chi connectivity index (χ1v) is 12.3. The number of carbonyl (C=O) groups is 1. The van der Waals surface area contributed by atoms with Crippen molar-refractivity contribution in [3.05, 3.63) is 77.9 Å². The van der Waals surface area contributed by atoms with E-state index in [1.807, 2.05) is 42.7 Å². The van der Waals surface area contributed by atoms with Gasteiger partial charge in [0.25, 0.3) is 15.9 Å². The molecule has 31 heavy (non-hydrogen) atoms. The van der Waals surface area contributed by atoms with Gasteiger partial charge in [-0.05, 0) is 60.7 Å². The smallest absolute Gasteiger partial charge is 0.264 e. The zero-order valence-corrected chi connectivity index (χ0v) is 18.8. The summed E-state index contributed by atoms with van der Waals surface area (Å²) < 4.78 is 33.4. The lowest BCUT2D eigenvalue weighted by Gasteiger charge is -2.20. The van der Waals surface area contributed by atoms with Crippen LogP contribution < -0.4 is 14.4 Å². The van der Waals surface area contributed by atoms with Gasteiger partial charge < -0.3 is 10.1 Å². The number of methoxy groups -OCH3 is 1. The lowest BCUT2D eigenvalue weighted by molar-refractivity contribution is 0.102. The van der Waals surface area contributed by atoms with Crippen LogP contribution in [0.5, 0.6) is 5.75 Å². The minimum atomic E-state index is -3.82. The number of rotatable bonds is 6. The van der Waals surface area contributed by atoms with Crippen LogP contribution in [0.4, 0.5) is 11.4 Å². The van der Waals surface area contributed by atoms with Crippen LogP contribution >= 0.6 is 11.8 Å².